The van der Waals surface area contributed by atoms with Gasteiger partial charge in [-0.05, 0) is 19.7 Å². The number of rotatable bonds is 5. The predicted octanol–water partition coefficient (Wildman–Crippen LogP) is 1.99. The molecular formula is C12H18N2O. The van der Waals surface area contributed by atoms with Crippen LogP contribution in [0.5, 0.6) is 0 Å². The largest absolute Gasteiger partial charge is 0.399 e. The molecule has 0 N–H and O–H groups in total. The lowest BCUT2D eigenvalue weighted by atomic mass is 10.1. The highest BCUT2D eigenvalue weighted by Crippen LogP contribution is 2.05. The topological polar surface area (TPSA) is 24.8 Å². The number of hydrogen-bond acceptors (Lipinski definition) is 3. The van der Waals surface area contributed by atoms with Gasteiger partial charge in [-0.1, -0.05) is 35.5 Å². The van der Waals surface area contributed by atoms with E-state index in [9.17, 15) is 0 Å². The molecule has 1 rings (SSSR count). The van der Waals surface area contributed by atoms with Gasteiger partial charge in [0.25, 0.3) is 0 Å². The summed E-state index contributed by atoms with van der Waals surface area (Å²) in [5, 5.41) is 4.06. The highest BCUT2D eigenvalue weighted by Gasteiger charge is 2.04. The summed E-state index contributed by atoms with van der Waals surface area (Å²) >= 11 is 0. The summed E-state index contributed by atoms with van der Waals surface area (Å²) in [6, 6.07) is 10.1. The molecule has 0 spiro atoms. The van der Waals surface area contributed by atoms with Crippen LogP contribution >= 0.6 is 0 Å². The molecule has 0 aliphatic carbocycles. The first-order chi connectivity index (χ1) is 7.24. The van der Waals surface area contributed by atoms with E-state index in [4.69, 9.17) is 4.84 Å². The van der Waals surface area contributed by atoms with Crippen molar-refractivity contribution >= 4 is 5.71 Å². The Balaban J connectivity index is 2.71. The summed E-state index contributed by atoms with van der Waals surface area (Å²) < 4.78 is 0. The van der Waals surface area contributed by atoms with Gasteiger partial charge in [0.1, 0.15) is 7.11 Å². The standard InChI is InChI=1S/C12H18N2O/c1-14(2)10-9-12(13-15-3)11-7-5-4-6-8-11/h4-8H,9-10H2,1-3H3. The molecule has 0 bridgehead atoms. The molecule has 3 heteroatoms. The molecule has 0 amide bonds. The van der Waals surface area contributed by atoms with Crippen molar-refractivity contribution in [3.8, 4) is 0 Å². The second-order valence-corrected chi connectivity index (χ2v) is 3.64. The maximum Gasteiger partial charge on any atom is 0.106 e. The van der Waals surface area contributed by atoms with Crippen molar-refractivity contribution in [2.45, 2.75) is 6.42 Å². The Kier molecular flexibility index (Phi) is 4.84. The van der Waals surface area contributed by atoms with Gasteiger partial charge in [-0.15, -0.1) is 0 Å². The van der Waals surface area contributed by atoms with Gasteiger partial charge in [0.15, 0.2) is 0 Å². The Hall–Kier alpha value is -1.35. The Bertz CT molecular complexity index is 307. The number of nitrogens with zero attached hydrogens (tertiary/aromatic N) is 2. The van der Waals surface area contributed by atoms with Gasteiger partial charge in [-0.3, -0.25) is 0 Å². The summed E-state index contributed by atoms with van der Waals surface area (Å²) in [7, 11) is 5.68. The Labute approximate surface area is 91.3 Å². The molecule has 0 radical (unpaired) electrons. The minimum Gasteiger partial charge on any atom is -0.399 e. The molecule has 1 aromatic carbocycles. The quantitative estimate of drug-likeness (QED) is 0.543. The first-order valence-corrected chi connectivity index (χ1v) is 5.04. The van der Waals surface area contributed by atoms with E-state index in [1.165, 1.54) is 0 Å². The fourth-order valence-corrected chi connectivity index (χ4v) is 1.31. The lowest BCUT2D eigenvalue weighted by Crippen LogP contribution is -2.17. The number of oxime groups is 1. The molecule has 1 aromatic rings. The van der Waals surface area contributed by atoms with Crippen molar-refractivity contribution in [2.75, 3.05) is 27.7 Å². The molecule has 0 aliphatic heterocycles. The van der Waals surface area contributed by atoms with Crippen LogP contribution in [-0.4, -0.2) is 38.4 Å². The summed E-state index contributed by atoms with van der Waals surface area (Å²) in [6.07, 6.45) is 0.894. The third-order valence-corrected chi connectivity index (χ3v) is 2.10. The maximum atomic E-state index is 4.86. The van der Waals surface area contributed by atoms with E-state index >= 15 is 0 Å². The van der Waals surface area contributed by atoms with E-state index in [1.54, 1.807) is 7.11 Å². The molecule has 0 saturated carbocycles. The summed E-state index contributed by atoms with van der Waals surface area (Å²) in [5.41, 5.74) is 2.12. The van der Waals surface area contributed by atoms with Crippen LogP contribution in [-0.2, 0) is 4.84 Å². The zero-order chi connectivity index (χ0) is 11.1. The van der Waals surface area contributed by atoms with E-state index < -0.39 is 0 Å². The lowest BCUT2D eigenvalue weighted by molar-refractivity contribution is 0.212. The van der Waals surface area contributed by atoms with E-state index in [2.05, 4.69) is 24.2 Å². The van der Waals surface area contributed by atoms with Gasteiger partial charge in [0.05, 0.1) is 5.71 Å². The molecule has 15 heavy (non-hydrogen) atoms. The van der Waals surface area contributed by atoms with Crippen LogP contribution in [0.25, 0.3) is 0 Å². The molecule has 0 aliphatic rings. The van der Waals surface area contributed by atoms with E-state index in [-0.39, 0.29) is 0 Å². The highest BCUT2D eigenvalue weighted by molar-refractivity contribution is 6.00. The number of benzene rings is 1. The van der Waals surface area contributed by atoms with Crippen molar-refractivity contribution in [2.24, 2.45) is 5.16 Å². The van der Waals surface area contributed by atoms with Gasteiger partial charge >= 0.3 is 0 Å². The van der Waals surface area contributed by atoms with Crippen LogP contribution in [0, 0.1) is 0 Å². The first kappa shape index (κ1) is 11.7. The predicted molar refractivity (Wildman–Crippen MR) is 63.2 cm³/mol. The molecule has 0 heterocycles. The molecule has 3 nitrogen and oxygen atoms in total. The molecule has 0 unspecified atom stereocenters. The summed E-state index contributed by atoms with van der Waals surface area (Å²) in [4.78, 5) is 6.99. The second-order valence-electron chi connectivity index (χ2n) is 3.64. The summed E-state index contributed by atoms with van der Waals surface area (Å²) in [6.45, 7) is 0.969. The van der Waals surface area contributed by atoms with Gasteiger partial charge in [-0.2, -0.15) is 0 Å². The van der Waals surface area contributed by atoms with Crippen molar-refractivity contribution in [3.63, 3.8) is 0 Å². The first-order valence-electron chi connectivity index (χ1n) is 5.04. The normalized spacial score (nSPS) is 11.9. The molecule has 0 saturated heterocycles. The maximum absolute atomic E-state index is 4.86. The fourth-order valence-electron chi connectivity index (χ4n) is 1.31. The molecular weight excluding hydrogens is 188 g/mol. The van der Waals surface area contributed by atoms with E-state index in [0.29, 0.717) is 0 Å². The Morgan fingerprint density at radius 3 is 2.47 bits per heavy atom. The van der Waals surface area contributed by atoms with Gasteiger partial charge in [0, 0.05) is 13.0 Å². The van der Waals surface area contributed by atoms with Gasteiger partial charge in [0.2, 0.25) is 0 Å². The monoisotopic (exact) mass is 206 g/mol. The average Bonchev–Trinajstić information content (AvgIpc) is 2.25. The van der Waals surface area contributed by atoms with Crippen LogP contribution in [0.2, 0.25) is 0 Å². The van der Waals surface area contributed by atoms with Crippen LogP contribution < -0.4 is 0 Å². The molecule has 0 fully saturated rings. The lowest BCUT2D eigenvalue weighted by Gasteiger charge is -2.10. The zero-order valence-corrected chi connectivity index (χ0v) is 9.60. The Morgan fingerprint density at radius 2 is 1.93 bits per heavy atom. The third-order valence-electron chi connectivity index (χ3n) is 2.10. The van der Waals surface area contributed by atoms with Gasteiger partial charge in [-0.25, -0.2) is 0 Å². The Morgan fingerprint density at radius 1 is 1.27 bits per heavy atom. The fraction of sp³-hybridized carbons (Fsp3) is 0.417. The SMILES string of the molecule is CON=C(CCN(C)C)c1ccccc1. The minimum absolute atomic E-state index is 0.894. The van der Waals surface area contributed by atoms with Crippen LogP contribution in [0.1, 0.15) is 12.0 Å². The van der Waals surface area contributed by atoms with Crippen LogP contribution in [0.15, 0.2) is 35.5 Å². The summed E-state index contributed by atoms with van der Waals surface area (Å²) in [5.74, 6) is 0. The smallest absolute Gasteiger partial charge is 0.106 e. The molecule has 0 aromatic heterocycles. The van der Waals surface area contributed by atoms with Crippen molar-refractivity contribution in [1.82, 2.24) is 4.90 Å². The van der Waals surface area contributed by atoms with Crippen molar-refractivity contribution in [3.05, 3.63) is 35.9 Å². The second kappa shape index (κ2) is 6.19. The highest BCUT2D eigenvalue weighted by atomic mass is 16.6. The average molecular weight is 206 g/mol. The van der Waals surface area contributed by atoms with E-state index in [0.717, 1.165) is 24.2 Å². The number of hydrogen-bond donors (Lipinski definition) is 0. The third kappa shape index (κ3) is 4.13. The molecule has 82 valence electrons. The van der Waals surface area contributed by atoms with Crippen molar-refractivity contribution < 1.29 is 4.84 Å². The van der Waals surface area contributed by atoms with Crippen LogP contribution in [0.4, 0.5) is 0 Å². The van der Waals surface area contributed by atoms with Gasteiger partial charge < -0.3 is 9.74 Å². The van der Waals surface area contributed by atoms with E-state index in [1.807, 2.05) is 30.3 Å². The van der Waals surface area contributed by atoms with Crippen LogP contribution in [0.3, 0.4) is 0 Å². The minimum atomic E-state index is 0.894. The van der Waals surface area contributed by atoms with Crippen molar-refractivity contribution in [1.29, 1.82) is 0 Å². The zero-order valence-electron chi connectivity index (χ0n) is 9.60. The molecule has 0 atom stereocenters.